The van der Waals surface area contributed by atoms with Crippen LogP contribution in [-0.2, 0) is 12.4 Å². The first-order valence-corrected chi connectivity index (χ1v) is 4.16. The van der Waals surface area contributed by atoms with Gasteiger partial charge in [-0.3, -0.25) is 0 Å². The van der Waals surface area contributed by atoms with Gasteiger partial charge in [-0.25, -0.2) is 4.39 Å². The van der Waals surface area contributed by atoms with Crippen molar-refractivity contribution in [3.05, 3.63) is 41.5 Å². The van der Waals surface area contributed by atoms with E-state index in [0.29, 0.717) is 0 Å². The van der Waals surface area contributed by atoms with Gasteiger partial charge in [0.2, 0.25) is 0 Å². The topological polar surface area (TPSA) is 0 Å². The molecular formula is C10H5F7. The molecule has 17 heavy (non-hydrogen) atoms. The van der Waals surface area contributed by atoms with Crippen molar-refractivity contribution in [2.75, 3.05) is 0 Å². The van der Waals surface area contributed by atoms with Crippen LogP contribution in [0, 0.1) is 0 Å². The van der Waals surface area contributed by atoms with E-state index in [1.165, 1.54) is 0 Å². The van der Waals surface area contributed by atoms with Crippen molar-refractivity contribution >= 4 is 5.83 Å². The molecule has 0 aliphatic carbocycles. The molecule has 0 aliphatic rings. The SMILES string of the molecule is C=C(F)c1cc(C(F)(F)F)cc(C(F)(F)F)c1. The molecule has 1 aromatic rings. The largest absolute Gasteiger partial charge is 0.416 e. The van der Waals surface area contributed by atoms with E-state index in [0.717, 1.165) is 0 Å². The fourth-order valence-electron chi connectivity index (χ4n) is 1.11. The summed E-state index contributed by atoms with van der Waals surface area (Å²) < 4.78 is 86.3. The Balaban J connectivity index is 3.45. The molecule has 0 saturated heterocycles. The van der Waals surface area contributed by atoms with E-state index in [1.54, 1.807) is 0 Å². The van der Waals surface area contributed by atoms with E-state index >= 15 is 0 Å². The zero-order valence-electron chi connectivity index (χ0n) is 8.08. The molecule has 0 amide bonds. The average Bonchev–Trinajstić information content (AvgIpc) is 2.14. The molecule has 1 rings (SSSR count). The molecule has 0 aliphatic heterocycles. The van der Waals surface area contributed by atoms with Crippen LogP contribution in [0.4, 0.5) is 30.7 Å². The first-order chi connectivity index (χ1) is 7.51. The summed E-state index contributed by atoms with van der Waals surface area (Å²) in [6, 6.07) is 0.474. The van der Waals surface area contributed by atoms with Crippen molar-refractivity contribution in [1.29, 1.82) is 0 Å². The molecule has 1 aromatic carbocycles. The van der Waals surface area contributed by atoms with Gasteiger partial charge in [-0.15, -0.1) is 0 Å². The molecule has 0 nitrogen and oxygen atoms in total. The van der Waals surface area contributed by atoms with E-state index in [-0.39, 0.29) is 18.2 Å². The summed E-state index contributed by atoms with van der Waals surface area (Å²) in [5, 5.41) is 0. The van der Waals surface area contributed by atoms with Crippen molar-refractivity contribution in [2.45, 2.75) is 12.4 Å². The maximum absolute atomic E-state index is 12.6. The van der Waals surface area contributed by atoms with Crippen molar-refractivity contribution in [3.8, 4) is 0 Å². The minimum Gasteiger partial charge on any atom is -0.207 e. The monoisotopic (exact) mass is 258 g/mol. The van der Waals surface area contributed by atoms with Crippen molar-refractivity contribution in [3.63, 3.8) is 0 Å². The van der Waals surface area contributed by atoms with Gasteiger partial charge in [0.15, 0.2) is 0 Å². The highest BCUT2D eigenvalue weighted by molar-refractivity contribution is 5.59. The lowest BCUT2D eigenvalue weighted by Crippen LogP contribution is -2.11. The van der Waals surface area contributed by atoms with Crippen molar-refractivity contribution in [2.24, 2.45) is 0 Å². The second kappa shape index (κ2) is 4.05. The molecule has 0 saturated carbocycles. The molecule has 0 aromatic heterocycles. The van der Waals surface area contributed by atoms with Gasteiger partial charge in [-0.2, -0.15) is 26.3 Å². The van der Waals surface area contributed by atoms with Crippen LogP contribution in [0.15, 0.2) is 24.8 Å². The van der Waals surface area contributed by atoms with E-state index < -0.39 is 34.9 Å². The number of hydrogen-bond donors (Lipinski definition) is 0. The Kier molecular flexibility index (Phi) is 3.22. The molecule has 94 valence electrons. The Morgan fingerprint density at radius 1 is 0.824 bits per heavy atom. The Labute approximate surface area is 91.4 Å². The van der Waals surface area contributed by atoms with Crippen LogP contribution in [-0.4, -0.2) is 0 Å². The van der Waals surface area contributed by atoms with Crippen molar-refractivity contribution in [1.82, 2.24) is 0 Å². The van der Waals surface area contributed by atoms with Crippen LogP contribution in [0.5, 0.6) is 0 Å². The van der Waals surface area contributed by atoms with Gasteiger partial charge in [0.25, 0.3) is 0 Å². The quantitative estimate of drug-likeness (QED) is 0.642. The third-order valence-electron chi connectivity index (χ3n) is 1.90. The first kappa shape index (κ1) is 13.5. The number of halogens is 7. The normalized spacial score (nSPS) is 12.6. The number of benzene rings is 1. The number of rotatable bonds is 1. The molecule has 0 N–H and O–H groups in total. The average molecular weight is 258 g/mol. The predicted molar refractivity (Wildman–Crippen MR) is 46.6 cm³/mol. The summed E-state index contributed by atoms with van der Waals surface area (Å²) in [7, 11) is 0. The Hall–Kier alpha value is -1.53. The van der Waals surface area contributed by atoms with Crippen LogP contribution in [0.25, 0.3) is 5.83 Å². The third kappa shape index (κ3) is 3.21. The van der Waals surface area contributed by atoms with E-state index in [2.05, 4.69) is 6.58 Å². The summed E-state index contributed by atoms with van der Waals surface area (Å²) >= 11 is 0. The summed E-state index contributed by atoms with van der Waals surface area (Å²) in [5.41, 5.74) is -3.98. The first-order valence-electron chi connectivity index (χ1n) is 4.16. The molecule has 0 spiro atoms. The molecule has 0 unspecified atom stereocenters. The van der Waals surface area contributed by atoms with E-state index in [1.807, 2.05) is 0 Å². The smallest absolute Gasteiger partial charge is 0.207 e. The minimum absolute atomic E-state index is 0.0769. The molecule has 0 atom stereocenters. The van der Waals surface area contributed by atoms with Gasteiger partial charge >= 0.3 is 12.4 Å². The lowest BCUT2D eigenvalue weighted by Gasteiger charge is -2.13. The molecule has 0 fully saturated rings. The van der Waals surface area contributed by atoms with Gasteiger partial charge in [0, 0.05) is 5.56 Å². The van der Waals surface area contributed by atoms with Crippen LogP contribution >= 0.6 is 0 Å². The van der Waals surface area contributed by atoms with Crippen LogP contribution in [0.2, 0.25) is 0 Å². The zero-order chi connectivity index (χ0) is 13.4. The van der Waals surface area contributed by atoms with Gasteiger partial charge in [0.05, 0.1) is 11.1 Å². The molecule has 7 heteroatoms. The summed E-state index contributed by atoms with van der Waals surface area (Å²) in [4.78, 5) is 0. The second-order valence-corrected chi connectivity index (χ2v) is 3.20. The zero-order valence-corrected chi connectivity index (χ0v) is 8.08. The highest BCUT2D eigenvalue weighted by Gasteiger charge is 2.37. The number of hydrogen-bond acceptors (Lipinski definition) is 0. The highest BCUT2D eigenvalue weighted by atomic mass is 19.4. The van der Waals surface area contributed by atoms with Gasteiger partial charge in [-0.05, 0) is 18.2 Å². The van der Waals surface area contributed by atoms with E-state index in [9.17, 15) is 30.7 Å². The maximum atomic E-state index is 12.6. The van der Waals surface area contributed by atoms with Gasteiger partial charge in [0.1, 0.15) is 5.83 Å². The highest BCUT2D eigenvalue weighted by Crippen LogP contribution is 2.37. The van der Waals surface area contributed by atoms with Crippen LogP contribution in [0.3, 0.4) is 0 Å². The van der Waals surface area contributed by atoms with Crippen LogP contribution in [0.1, 0.15) is 16.7 Å². The standard InChI is InChI=1S/C10H5F7/c1-5(11)6-2-7(9(12,13)14)4-8(3-6)10(15,16)17/h2-4H,1H2. The summed E-state index contributed by atoms with van der Waals surface area (Å²) in [5.74, 6) is -1.36. The van der Waals surface area contributed by atoms with E-state index in [4.69, 9.17) is 0 Å². The molecule has 0 heterocycles. The van der Waals surface area contributed by atoms with Crippen molar-refractivity contribution < 1.29 is 30.7 Å². The minimum atomic E-state index is -4.98. The summed E-state index contributed by atoms with van der Waals surface area (Å²) in [6.07, 6.45) is -9.96. The Morgan fingerprint density at radius 2 is 1.18 bits per heavy atom. The predicted octanol–water partition coefficient (Wildman–Crippen LogP) is 4.66. The fourth-order valence-corrected chi connectivity index (χ4v) is 1.11. The molecule has 0 radical (unpaired) electrons. The van der Waals surface area contributed by atoms with Gasteiger partial charge in [-0.1, -0.05) is 6.58 Å². The molecule has 0 bridgehead atoms. The maximum Gasteiger partial charge on any atom is 0.416 e. The van der Waals surface area contributed by atoms with Gasteiger partial charge < -0.3 is 0 Å². The lowest BCUT2D eigenvalue weighted by atomic mass is 10.0. The Bertz CT molecular complexity index is 407. The van der Waals surface area contributed by atoms with Crippen LogP contribution < -0.4 is 0 Å². The Morgan fingerprint density at radius 3 is 1.41 bits per heavy atom. The second-order valence-electron chi connectivity index (χ2n) is 3.20. The lowest BCUT2D eigenvalue weighted by molar-refractivity contribution is -0.143. The summed E-state index contributed by atoms with van der Waals surface area (Å²) in [6.45, 7) is 2.67. The molecular weight excluding hydrogens is 253 g/mol. The number of alkyl halides is 6. The fraction of sp³-hybridized carbons (Fsp3) is 0.200. The third-order valence-corrected chi connectivity index (χ3v) is 1.90.